The molecule has 2 unspecified atom stereocenters. The first kappa shape index (κ1) is 21.0. The van der Waals surface area contributed by atoms with E-state index in [1.165, 1.54) is 12.1 Å². The van der Waals surface area contributed by atoms with Crippen molar-refractivity contribution in [2.24, 2.45) is 5.73 Å². The number of hydrogen-bond donors (Lipinski definition) is 2. The van der Waals surface area contributed by atoms with Crippen LogP contribution >= 0.6 is 12.4 Å². The summed E-state index contributed by atoms with van der Waals surface area (Å²) in [6, 6.07) is 10.6. The molecule has 0 saturated carbocycles. The quantitative estimate of drug-likeness (QED) is 0.840. The molecule has 0 aliphatic rings. The number of rotatable bonds is 4. The van der Waals surface area contributed by atoms with Crippen LogP contribution in [0, 0.1) is 6.92 Å². The lowest BCUT2D eigenvalue weighted by Crippen LogP contribution is -2.35. The molecule has 0 aliphatic heterocycles. The van der Waals surface area contributed by atoms with Gasteiger partial charge in [-0.15, -0.1) is 12.4 Å². The van der Waals surface area contributed by atoms with Crippen molar-refractivity contribution in [3.8, 4) is 0 Å². The Labute approximate surface area is 150 Å². The number of carbonyl (C=O) groups excluding carboxylic acids is 1. The zero-order chi connectivity index (χ0) is 17.9. The number of nitrogens with two attached hydrogens (primary N) is 1. The van der Waals surface area contributed by atoms with E-state index in [1.54, 1.807) is 19.1 Å². The summed E-state index contributed by atoms with van der Waals surface area (Å²) >= 11 is 0. The fourth-order valence-corrected chi connectivity index (χ4v) is 2.30. The Morgan fingerprint density at radius 3 is 2.24 bits per heavy atom. The van der Waals surface area contributed by atoms with Crippen LogP contribution in [0.5, 0.6) is 0 Å². The van der Waals surface area contributed by atoms with Gasteiger partial charge in [-0.1, -0.05) is 42.0 Å². The zero-order valence-corrected chi connectivity index (χ0v) is 14.6. The normalized spacial score (nSPS) is 13.5. The molecule has 1 amide bonds. The van der Waals surface area contributed by atoms with Crippen LogP contribution in [-0.4, -0.2) is 5.91 Å². The number of carbonyl (C=O) groups is 1. The Balaban J connectivity index is 0.00000312. The van der Waals surface area contributed by atoms with Gasteiger partial charge in [-0.3, -0.25) is 4.79 Å². The van der Waals surface area contributed by atoms with Crippen molar-refractivity contribution in [1.29, 1.82) is 0 Å². The van der Waals surface area contributed by atoms with Crippen LogP contribution in [-0.2, 0) is 11.0 Å². The lowest BCUT2D eigenvalue weighted by molar-refractivity contribution is -0.137. The number of aryl methyl sites for hydroxylation is 1. The van der Waals surface area contributed by atoms with E-state index in [9.17, 15) is 18.0 Å². The third-order valence-corrected chi connectivity index (χ3v) is 3.79. The SMILES string of the molecule is Cc1ccc(C(N)C(=O)NC(C)c2cccc(C(F)(F)F)c2)cc1.Cl. The van der Waals surface area contributed by atoms with Gasteiger partial charge in [0, 0.05) is 0 Å². The highest BCUT2D eigenvalue weighted by Crippen LogP contribution is 2.30. The summed E-state index contributed by atoms with van der Waals surface area (Å²) < 4.78 is 38.3. The summed E-state index contributed by atoms with van der Waals surface area (Å²) in [6.07, 6.45) is -4.42. The second-order valence-corrected chi connectivity index (χ2v) is 5.74. The van der Waals surface area contributed by atoms with E-state index in [-0.39, 0.29) is 12.4 Å². The zero-order valence-electron chi connectivity index (χ0n) is 13.8. The summed E-state index contributed by atoms with van der Waals surface area (Å²) in [5, 5.41) is 2.66. The Morgan fingerprint density at radius 1 is 1.08 bits per heavy atom. The van der Waals surface area contributed by atoms with Gasteiger partial charge in [-0.25, -0.2) is 0 Å². The number of halogens is 4. The largest absolute Gasteiger partial charge is 0.416 e. The van der Waals surface area contributed by atoms with Crippen LogP contribution in [0.25, 0.3) is 0 Å². The Hall–Kier alpha value is -2.05. The molecule has 0 spiro atoms. The van der Waals surface area contributed by atoms with Gasteiger partial charge in [-0.05, 0) is 37.1 Å². The third kappa shape index (κ3) is 5.47. The first-order chi connectivity index (χ1) is 11.2. The molecule has 2 aromatic carbocycles. The maximum absolute atomic E-state index is 12.8. The van der Waals surface area contributed by atoms with Crippen LogP contribution < -0.4 is 11.1 Å². The van der Waals surface area contributed by atoms with E-state index >= 15 is 0 Å². The first-order valence-corrected chi connectivity index (χ1v) is 7.48. The topological polar surface area (TPSA) is 55.1 Å². The molecule has 0 fully saturated rings. The lowest BCUT2D eigenvalue weighted by atomic mass is 10.0. The summed E-state index contributed by atoms with van der Waals surface area (Å²) in [5.41, 5.74) is 7.24. The molecule has 0 aromatic heterocycles. The highest BCUT2D eigenvalue weighted by Gasteiger charge is 2.31. The molecular weight excluding hydrogens is 353 g/mol. The number of hydrogen-bond acceptors (Lipinski definition) is 2. The summed E-state index contributed by atoms with van der Waals surface area (Å²) in [6.45, 7) is 3.54. The predicted octanol–water partition coefficient (Wildman–Crippen LogP) is 4.31. The average Bonchev–Trinajstić information content (AvgIpc) is 2.54. The van der Waals surface area contributed by atoms with Crippen molar-refractivity contribution in [1.82, 2.24) is 5.32 Å². The first-order valence-electron chi connectivity index (χ1n) is 7.48. The van der Waals surface area contributed by atoms with E-state index in [1.807, 2.05) is 19.1 Å². The fraction of sp³-hybridized carbons (Fsp3) is 0.278. The van der Waals surface area contributed by atoms with E-state index in [2.05, 4.69) is 5.32 Å². The minimum atomic E-state index is -4.42. The van der Waals surface area contributed by atoms with Gasteiger partial charge in [0.2, 0.25) is 5.91 Å². The third-order valence-electron chi connectivity index (χ3n) is 3.79. The fourth-order valence-electron chi connectivity index (χ4n) is 2.30. The van der Waals surface area contributed by atoms with Gasteiger partial charge in [0.25, 0.3) is 0 Å². The van der Waals surface area contributed by atoms with Crippen molar-refractivity contribution < 1.29 is 18.0 Å². The molecule has 0 radical (unpaired) electrons. The Morgan fingerprint density at radius 2 is 1.68 bits per heavy atom. The maximum atomic E-state index is 12.8. The Kier molecular flexibility index (Phi) is 7.02. The highest BCUT2D eigenvalue weighted by atomic mass is 35.5. The van der Waals surface area contributed by atoms with Crippen LogP contribution in [0.2, 0.25) is 0 Å². The monoisotopic (exact) mass is 372 g/mol. The number of benzene rings is 2. The van der Waals surface area contributed by atoms with Gasteiger partial charge in [0.15, 0.2) is 0 Å². The van der Waals surface area contributed by atoms with E-state index in [0.29, 0.717) is 11.1 Å². The van der Waals surface area contributed by atoms with Crippen LogP contribution in [0.3, 0.4) is 0 Å². The standard InChI is InChI=1S/C18H19F3N2O.ClH/c1-11-6-8-13(9-7-11)16(22)17(24)23-12(2)14-4-3-5-15(10-14)18(19,20)21;/h3-10,12,16H,22H2,1-2H3,(H,23,24);1H. The molecule has 0 saturated heterocycles. The second-order valence-electron chi connectivity index (χ2n) is 5.74. The lowest BCUT2D eigenvalue weighted by Gasteiger charge is -2.19. The molecule has 25 heavy (non-hydrogen) atoms. The van der Waals surface area contributed by atoms with Crippen LogP contribution in [0.1, 0.15) is 41.3 Å². The molecule has 2 atom stereocenters. The second kappa shape index (κ2) is 8.36. The van der Waals surface area contributed by atoms with Crippen LogP contribution in [0.15, 0.2) is 48.5 Å². The maximum Gasteiger partial charge on any atom is 0.416 e. The number of amides is 1. The van der Waals surface area contributed by atoms with Gasteiger partial charge in [0.05, 0.1) is 11.6 Å². The minimum absolute atomic E-state index is 0. The van der Waals surface area contributed by atoms with Crippen LogP contribution in [0.4, 0.5) is 13.2 Å². The molecule has 3 N–H and O–H groups in total. The summed E-state index contributed by atoms with van der Waals surface area (Å²) in [5.74, 6) is -0.441. The van der Waals surface area contributed by atoms with Gasteiger partial charge in [-0.2, -0.15) is 13.2 Å². The van der Waals surface area contributed by atoms with Crippen molar-refractivity contribution in [3.63, 3.8) is 0 Å². The molecule has 0 bridgehead atoms. The Bertz CT molecular complexity index is 717. The van der Waals surface area contributed by atoms with E-state index in [4.69, 9.17) is 5.73 Å². The molecule has 2 aromatic rings. The molecule has 0 heterocycles. The molecule has 136 valence electrons. The van der Waals surface area contributed by atoms with E-state index in [0.717, 1.165) is 17.7 Å². The van der Waals surface area contributed by atoms with Crippen molar-refractivity contribution in [3.05, 3.63) is 70.8 Å². The highest BCUT2D eigenvalue weighted by molar-refractivity contribution is 5.85. The molecule has 0 aliphatic carbocycles. The summed E-state index contributed by atoms with van der Waals surface area (Å²) in [7, 11) is 0. The number of nitrogens with one attached hydrogen (secondary N) is 1. The van der Waals surface area contributed by atoms with Crippen molar-refractivity contribution in [2.75, 3.05) is 0 Å². The van der Waals surface area contributed by atoms with Crippen molar-refractivity contribution >= 4 is 18.3 Å². The summed E-state index contributed by atoms with van der Waals surface area (Å²) in [4.78, 5) is 12.2. The van der Waals surface area contributed by atoms with Crippen molar-refractivity contribution in [2.45, 2.75) is 32.1 Å². The molecule has 3 nitrogen and oxygen atoms in total. The molecule has 7 heteroatoms. The van der Waals surface area contributed by atoms with Gasteiger partial charge < -0.3 is 11.1 Å². The van der Waals surface area contributed by atoms with Gasteiger partial charge in [0.1, 0.15) is 6.04 Å². The smallest absolute Gasteiger partial charge is 0.348 e. The molecular formula is C18H20ClF3N2O. The van der Waals surface area contributed by atoms with Gasteiger partial charge >= 0.3 is 6.18 Å². The minimum Gasteiger partial charge on any atom is -0.348 e. The molecule has 2 rings (SSSR count). The van der Waals surface area contributed by atoms with E-state index < -0.39 is 29.7 Å². The average molecular weight is 373 g/mol. The number of alkyl halides is 3. The predicted molar refractivity (Wildman–Crippen MR) is 93.4 cm³/mol.